The van der Waals surface area contributed by atoms with Crippen molar-refractivity contribution >= 4 is 11.9 Å². The number of aliphatic hydroxyl groups excluding tert-OH is 2. The number of aliphatic hydroxyl groups is 2. The van der Waals surface area contributed by atoms with Crippen molar-refractivity contribution in [3.05, 3.63) is 109 Å². The fourth-order valence-corrected chi connectivity index (χ4v) is 7.53. The number of unbranched alkanes of at least 4 members (excludes halogenated alkanes) is 23. The Bertz CT molecular complexity index is 1330. The van der Waals surface area contributed by atoms with Crippen molar-refractivity contribution in [2.45, 2.75) is 244 Å². The average molecular weight is 902 g/mol. The smallest absolute Gasteiger partial charge is 0.306 e. The van der Waals surface area contributed by atoms with Crippen LogP contribution in [0.3, 0.4) is 0 Å². The minimum Gasteiger partial charge on any atom is -0.462 e. The zero-order chi connectivity index (χ0) is 47.4. The molecule has 0 fully saturated rings. The van der Waals surface area contributed by atoms with Crippen LogP contribution in [0.2, 0.25) is 0 Å². The molecule has 0 spiro atoms. The Morgan fingerprint density at radius 2 is 0.831 bits per heavy atom. The Balaban J connectivity index is 4.73. The maximum Gasteiger partial charge on any atom is 0.306 e. The van der Waals surface area contributed by atoms with Crippen LogP contribution in [-0.2, 0) is 14.3 Å². The third-order valence-corrected chi connectivity index (χ3v) is 11.6. The number of nitrogens with one attached hydrogen (secondary N) is 1. The van der Waals surface area contributed by atoms with Gasteiger partial charge < -0.3 is 20.3 Å². The summed E-state index contributed by atoms with van der Waals surface area (Å²) >= 11 is 0. The molecule has 0 aliphatic heterocycles. The molecule has 1 amide bonds. The quantitative estimate of drug-likeness (QED) is 0.0321. The van der Waals surface area contributed by atoms with E-state index in [0.29, 0.717) is 19.3 Å². The molecule has 0 aromatic heterocycles. The van der Waals surface area contributed by atoms with Crippen LogP contribution >= 0.6 is 0 Å². The van der Waals surface area contributed by atoms with E-state index in [9.17, 15) is 19.8 Å². The molecule has 0 aliphatic carbocycles. The number of ether oxygens (including phenoxy) is 1. The van der Waals surface area contributed by atoms with E-state index in [1.54, 1.807) is 0 Å². The van der Waals surface area contributed by atoms with Gasteiger partial charge in [0.25, 0.3) is 0 Å². The second kappa shape index (κ2) is 51.5. The van der Waals surface area contributed by atoms with E-state index in [2.05, 4.69) is 62.5 Å². The van der Waals surface area contributed by atoms with Gasteiger partial charge in [-0.2, -0.15) is 0 Å². The number of carbonyl (C=O) groups is 2. The summed E-state index contributed by atoms with van der Waals surface area (Å²) in [5, 5.41) is 23.8. The number of carbonyl (C=O) groups excluding carboxylic acids is 2. The molecule has 0 aromatic carbocycles. The van der Waals surface area contributed by atoms with Gasteiger partial charge in [-0.1, -0.05) is 259 Å². The fourth-order valence-electron chi connectivity index (χ4n) is 7.53. The molecular formula is C59H99NO5. The Kier molecular flexibility index (Phi) is 48.7. The SMILES string of the molecule is CC/C=C/C=C/C=C\C=C/C=C/CCCC(=O)OC(CCCCC/C=C/C=C/C=C/C=C/CCCCC)CC(=O)NC(CO)C(O)CCCCCCCCCCCCCCCCCCC. The van der Waals surface area contributed by atoms with Crippen molar-refractivity contribution in [1.82, 2.24) is 5.32 Å². The van der Waals surface area contributed by atoms with Crippen LogP contribution in [0.4, 0.5) is 0 Å². The molecule has 0 radical (unpaired) electrons. The lowest BCUT2D eigenvalue weighted by Crippen LogP contribution is -2.46. The zero-order valence-corrected chi connectivity index (χ0v) is 42.1. The molecule has 3 unspecified atom stereocenters. The third kappa shape index (κ3) is 46.8. The third-order valence-electron chi connectivity index (χ3n) is 11.6. The van der Waals surface area contributed by atoms with E-state index in [0.717, 1.165) is 64.2 Å². The zero-order valence-electron chi connectivity index (χ0n) is 42.1. The second-order valence-corrected chi connectivity index (χ2v) is 17.8. The first kappa shape index (κ1) is 61.5. The minimum absolute atomic E-state index is 0.0164. The average Bonchev–Trinajstić information content (AvgIpc) is 3.30. The van der Waals surface area contributed by atoms with E-state index in [4.69, 9.17) is 4.74 Å². The number of hydrogen-bond donors (Lipinski definition) is 3. The van der Waals surface area contributed by atoms with E-state index in [-0.39, 0.29) is 31.3 Å². The topological polar surface area (TPSA) is 95.9 Å². The van der Waals surface area contributed by atoms with Gasteiger partial charge in [0.15, 0.2) is 0 Å². The van der Waals surface area contributed by atoms with Gasteiger partial charge in [0, 0.05) is 6.42 Å². The molecule has 3 atom stereocenters. The van der Waals surface area contributed by atoms with Crippen molar-refractivity contribution in [2.24, 2.45) is 0 Å². The second-order valence-electron chi connectivity index (χ2n) is 17.8. The number of hydrogen-bond acceptors (Lipinski definition) is 5. The van der Waals surface area contributed by atoms with E-state index < -0.39 is 18.2 Å². The van der Waals surface area contributed by atoms with Gasteiger partial charge in [-0.05, 0) is 64.2 Å². The molecule has 0 saturated carbocycles. The molecule has 6 nitrogen and oxygen atoms in total. The van der Waals surface area contributed by atoms with Crippen molar-refractivity contribution < 1.29 is 24.5 Å². The van der Waals surface area contributed by atoms with Crippen LogP contribution < -0.4 is 5.32 Å². The molecule has 65 heavy (non-hydrogen) atoms. The summed E-state index contributed by atoms with van der Waals surface area (Å²) in [6.07, 6.45) is 70.1. The summed E-state index contributed by atoms with van der Waals surface area (Å²) in [4.78, 5) is 26.1. The number of rotatable bonds is 46. The maximum atomic E-state index is 13.2. The van der Waals surface area contributed by atoms with Crippen LogP contribution in [-0.4, -0.2) is 46.9 Å². The molecule has 0 bridgehead atoms. The predicted molar refractivity (Wildman–Crippen MR) is 282 cm³/mol. The van der Waals surface area contributed by atoms with E-state index >= 15 is 0 Å². The van der Waals surface area contributed by atoms with Gasteiger partial charge in [0.1, 0.15) is 6.10 Å². The summed E-state index contributed by atoms with van der Waals surface area (Å²) in [6.45, 7) is 6.27. The normalized spacial score (nSPS) is 14.1. The largest absolute Gasteiger partial charge is 0.462 e. The van der Waals surface area contributed by atoms with Gasteiger partial charge in [0.2, 0.25) is 5.91 Å². The maximum absolute atomic E-state index is 13.2. The number of amides is 1. The van der Waals surface area contributed by atoms with Crippen LogP contribution in [0.15, 0.2) is 109 Å². The van der Waals surface area contributed by atoms with Crippen LogP contribution in [0.1, 0.15) is 226 Å². The molecule has 0 heterocycles. The van der Waals surface area contributed by atoms with Crippen molar-refractivity contribution in [2.75, 3.05) is 6.61 Å². The minimum atomic E-state index is -0.818. The molecule has 370 valence electrons. The summed E-state index contributed by atoms with van der Waals surface area (Å²) in [5.41, 5.74) is 0. The molecule has 0 saturated heterocycles. The highest BCUT2D eigenvalue weighted by Gasteiger charge is 2.24. The van der Waals surface area contributed by atoms with E-state index in [1.807, 2.05) is 72.9 Å². The highest BCUT2D eigenvalue weighted by atomic mass is 16.5. The summed E-state index contributed by atoms with van der Waals surface area (Å²) in [6, 6.07) is -0.737. The van der Waals surface area contributed by atoms with Crippen LogP contribution in [0.5, 0.6) is 0 Å². The van der Waals surface area contributed by atoms with Gasteiger partial charge in [-0.15, -0.1) is 0 Å². The van der Waals surface area contributed by atoms with Gasteiger partial charge >= 0.3 is 5.97 Å². The van der Waals surface area contributed by atoms with Crippen molar-refractivity contribution in [1.29, 1.82) is 0 Å². The summed E-state index contributed by atoms with van der Waals surface area (Å²) in [7, 11) is 0. The first-order valence-corrected chi connectivity index (χ1v) is 26.7. The molecular weight excluding hydrogens is 803 g/mol. The lowest BCUT2D eigenvalue weighted by atomic mass is 10.0. The van der Waals surface area contributed by atoms with Crippen LogP contribution in [0, 0.1) is 0 Å². The Morgan fingerprint density at radius 3 is 1.29 bits per heavy atom. The van der Waals surface area contributed by atoms with Crippen molar-refractivity contribution in [3.8, 4) is 0 Å². The number of esters is 1. The highest BCUT2D eigenvalue weighted by Crippen LogP contribution is 2.17. The van der Waals surface area contributed by atoms with Crippen LogP contribution in [0.25, 0.3) is 0 Å². The summed E-state index contributed by atoms with van der Waals surface area (Å²) in [5.74, 6) is -0.609. The molecule has 0 aromatic rings. The first-order valence-electron chi connectivity index (χ1n) is 26.7. The molecule has 6 heteroatoms. The van der Waals surface area contributed by atoms with E-state index in [1.165, 1.54) is 109 Å². The van der Waals surface area contributed by atoms with Crippen molar-refractivity contribution in [3.63, 3.8) is 0 Å². The van der Waals surface area contributed by atoms with Gasteiger partial charge in [-0.3, -0.25) is 9.59 Å². The summed E-state index contributed by atoms with van der Waals surface area (Å²) < 4.78 is 5.88. The lowest BCUT2D eigenvalue weighted by Gasteiger charge is -2.24. The van der Waals surface area contributed by atoms with Gasteiger partial charge in [-0.25, -0.2) is 0 Å². The highest BCUT2D eigenvalue weighted by molar-refractivity contribution is 5.77. The van der Waals surface area contributed by atoms with Gasteiger partial charge in [0.05, 0.1) is 25.2 Å². The lowest BCUT2D eigenvalue weighted by molar-refractivity contribution is -0.151. The molecule has 0 rings (SSSR count). The monoisotopic (exact) mass is 902 g/mol. The Morgan fingerprint density at radius 1 is 0.462 bits per heavy atom. The Hall–Kier alpha value is -3.48. The fraction of sp³-hybridized carbons (Fsp3) is 0.661. The molecule has 3 N–H and O–H groups in total. The standard InChI is InChI=1S/C59H99NO5/c1-4-7-10-13-16-19-22-25-27-29-31-34-36-39-42-45-48-51-57(62)56(54-61)60-58(63)53-55(50-47-44-41-38-35-33-30-28-26-23-20-17-14-11-8-5-2)65-59(64)52-49-46-43-40-37-32-24-21-18-15-12-9-6-3/h9,12,15,17-18,20-21,23-24,26,28,30,32-33,35,37,40,43,55-57,61-62H,4-8,10-11,13-14,16,19,22,25,27,29,31,34,36,38-39,41-42,44-54H2,1-3H3,(H,60,63)/b12-9+,18-15+,20-17+,24-21-,26-23+,30-28+,35-33+,37-32-,43-40+. The number of allylic oxidation sites excluding steroid dienone is 18. The molecule has 0 aliphatic rings. The predicted octanol–water partition coefficient (Wildman–Crippen LogP) is 16.3. The first-order chi connectivity index (χ1) is 32.0. The Labute approximate surface area is 400 Å².